The first-order chi connectivity index (χ1) is 11.7. The predicted octanol–water partition coefficient (Wildman–Crippen LogP) is 2.51. The molecule has 1 saturated heterocycles. The average Bonchev–Trinajstić information content (AvgIpc) is 3.27. The molecule has 0 saturated carbocycles. The molecule has 0 aromatic carbocycles. The Balaban J connectivity index is 1.68. The Hall–Kier alpha value is -2.41. The maximum atomic E-state index is 12.7. The molecule has 2 amide bonds. The Labute approximate surface area is 141 Å². The maximum absolute atomic E-state index is 12.7. The molecule has 2 aromatic heterocycles. The molecular weight excluding hydrogens is 306 g/mol. The van der Waals surface area contributed by atoms with Gasteiger partial charge in [-0.2, -0.15) is 5.10 Å². The number of nitrogens with zero attached hydrogens (tertiary/aromatic N) is 4. The normalized spacial score (nSPS) is 17.0. The number of aryl methyl sites for hydroxylation is 1. The second kappa shape index (κ2) is 7.92. The molecular formula is C17H23N5O2. The first kappa shape index (κ1) is 16.4. The SMILES string of the molecule is CCn1cc(NC(=O)N(Cc2ccncc2)C[C@@H]2CCCO2)cn1. The van der Waals surface area contributed by atoms with Gasteiger partial charge in [-0.05, 0) is 37.5 Å². The molecule has 1 aliphatic heterocycles. The lowest BCUT2D eigenvalue weighted by atomic mass is 10.2. The fourth-order valence-electron chi connectivity index (χ4n) is 2.77. The van der Waals surface area contributed by atoms with Gasteiger partial charge in [0.05, 0.1) is 18.0 Å². The number of hydrogen-bond acceptors (Lipinski definition) is 4. The van der Waals surface area contributed by atoms with Gasteiger partial charge >= 0.3 is 6.03 Å². The van der Waals surface area contributed by atoms with E-state index < -0.39 is 0 Å². The fourth-order valence-corrected chi connectivity index (χ4v) is 2.77. The van der Waals surface area contributed by atoms with Crippen molar-refractivity contribution in [1.82, 2.24) is 19.7 Å². The van der Waals surface area contributed by atoms with Crippen LogP contribution in [0.3, 0.4) is 0 Å². The molecule has 2 aromatic rings. The molecule has 0 spiro atoms. The zero-order chi connectivity index (χ0) is 16.8. The van der Waals surface area contributed by atoms with Crippen LogP contribution in [0, 0.1) is 0 Å². The van der Waals surface area contributed by atoms with Crippen molar-refractivity contribution in [2.45, 2.75) is 39.0 Å². The maximum Gasteiger partial charge on any atom is 0.322 e. The van der Waals surface area contributed by atoms with Gasteiger partial charge in [0.15, 0.2) is 0 Å². The van der Waals surface area contributed by atoms with Gasteiger partial charge in [-0.3, -0.25) is 9.67 Å². The van der Waals surface area contributed by atoms with Gasteiger partial charge < -0.3 is 15.0 Å². The fraction of sp³-hybridized carbons (Fsp3) is 0.471. The van der Waals surface area contributed by atoms with E-state index in [1.54, 1.807) is 28.2 Å². The van der Waals surface area contributed by atoms with E-state index in [2.05, 4.69) is 15.4 Å². The van der Waals surface area contributed by atoms with E-state index in [0.717, 1.165) is 31.6 Å². The number of nitrogens with one attached hydrogen (secondary N) is 1. The highest BCUT2D eigenvalue weighted by atomic mass is 16.5. The van der Waals surface area contributed by atoms with Crippen molar-refractivity contribution in [3.05, 3.63) is 42.5 Å². The predicted molar refractivity (Wildman–Crippen MR) is 90.5 cm³/mol. The molecule has 0 bridgehead atoms. The molecule has 1 aliphatic rings. The number of ether oxygens (including phenoxy) is 1. The Morgan fingerprint density at radius 2 is 2.29 bits per heavy atom. The number of amides is 2. The van der Waals surface area contributed by atoms with Crippen LogP contribution >= 0.6 is 0 Å². The summed E-state index contributed by atoms with van der Waals surface area (Å²) in [7, 11) is 0. The lowest BCUT2D eigenvalue weighted by Crippen LogP contribution is -2.39. The monoisotopic (exact) mass is 329 g/mol. The quantitative estimate of drug-likeness (QED) is 0.884. The van der Waals surface area contributed by atoms with Gasteiger partial charge in [-0.15, -0.1) is 0 Å². The molecule has 7 heteroatoms. The number of anilines is 1. The molecule has 24 heavy (non-hydrogen) atoms. The van der Waals surface area contributed by atoms with Gasteiger partial charge in [-0.1, -0.05) is 0 Å². The van der Waals surface area contributed by atoms with Gasteiger partial charge in [-0.25, -0.2) is 4.79 Å². The molecule has 3 rings (SSSR count). The minimum Gasteiger partial charge on any atom is -0.376 e. The van der Waals surface area contributed by atoms with Crippen LogP contribution in [0.1, 0.15) is 25.3 Å². The number of carbonyl (C=O) groups is 1. The van der Waals surface area contributed by atoms with E-state index >= 15 is 0 Å². The van der Waals surface area contributed by atoms with E-state index in [4.69, 9.17) is 4.74 Å². The highest BCUT2D eigenvalue weighted by Gasteiger charge is 2.23. The van der Waals surface area contributed by atoms with Crippen molar-refractivity contribution in [3.8, 4) is 0 Å². The zero-order valence-electron chi connectivity index (χ0n) is 13.9. The van der Waals surface area contributed by atoms with Crippen molar-refractivity contribution in [3.63, 3.8) is 0 Å². The van der Waals surface area contributed by atoms with E-state index in [1.807, 2.05) is 25.3 Å². The number of carbonyl (C=O) groups excluding carboxylic acids is 1. The minimum absolute atomic E-state index is 0.107. The summed E-state index contributed by atoms with van der Waals surface area (Å²) in [5.74, 6) is 0. The number of hydrogen-bond donors (Lipinski definition) is 1. The van der Waals surface area contributed by atoms with Crippen molar-refractivity contribution >= 4 is 11.7 Å². The van der Waals surface area contributed by atoms with Crippen molar-refractivity contribution in [2.75, 3.05) is 18.5 Å². The van der Waals surface area contributed by atoms with Crippen LogP contribution in [0.4, 0.5) is 10.5 Å². The average molecular weight is 329 g/mol. The molecule has 1 N–H and O–H groups in total. The highest BCUT2D eigenvalue weighted by molar-refractivity contribution is 5.89. The first-order valence-corrected chi connectivity index (χ1v) is 8.33. The lowest BCUT2D eigenvalue weighted by Gasteiger charge is -2.25. The third-order valence-electron chi connectivity index (χ3n) is 4.07. The first-order valence-electron chi connectivity index (χ1n) is 8.33. The summed E-state index contributed by atoms with van der Waals surface area (Å²) in [4.78, 5) is 18.5. The van der Waals surface area contributed by atoms with Crippen LogP contribution in [0.15, 0.2) is 36.9 Å². The third kappa shape index (κ3) is 4.32. The Kier molecular flexibility index (Phi) is 5.43. The molecule has 1 atom stereocenters. The molecule has 1 fully saturated rings. The number of urea groups is 1. The van der Waals surface area contributed by atoms with E-state index in [-0.39, 0.29) is 12.1 Å². The molecule has 0 aliphatic carbocycles. The van der Waals surface area contributed by atoms with Crippen LogP contribution in [0.25, 0.3) is 0 Å². The van der Waals surface area contributed by atoms with Gasteiger partial charge in [0.25, 0.3) is 0 Å². The van der Waals surface area contributed by atoms with Crippen molar-refractivity contribution in [1.29, 1.82) is 0 Å². The zero-order valence-corrected chi connectivity index (χ0v) is 13.9. The van der Waals surface area contributed by atoms with Gasteiger partial charge in [0.2, 0.25) is 0 Å². The topological polar surface area (TPSA) is 72.3 Å². The van der Waals surface area contributed by atoms with Crippen LogP contribution in [-0.4, -0.2) is 45.0 Å². The van der Waals surface area contributed by atoms with Crippen LogP contribution in [0.5, 0.6) is 0 Å². The van der Waals surface area contributed by atoms with Gasteiger partial charge in [0.1, 0.15) is 0 Å². The number of pyridine rings is 1. The summed E-state index contributed by atoms with van der Waals surface area (Å²) in [5, 5.41) is 7.11. The summed E-state index contributed by atoms with van der Waals surface area (Å²) in [6, 6.07) is 3.70. The number of aromatic nitrogens is 3. The Morgan fingerprint density at radius 1 is 1.46 bits per heavy atom. The van der Waals surface area contributed by atoms with Crippen LogP contribution < -0.4 is 5.32 Å². The molecule has 3 heterocycles. The van der Waals surface area contributed by atoms with E-state index in [9.17, 15) is 4.79 Å². The third-order valence-corrected chi connectivity index (χ3v) is 4.07. The second-order valence-electron chi connectivity index (χ2n) is 5.89. The lowest BCUT2D eigenvalue weighted by molar-refractivity contribution is 0.0819. The van der Waals surface area contributed by atoms with Crippen molar-refractivity contribution < 1.29 is 9.53 Å². The molecule has 7 nitrogen and oxygen atoms in total. The van der Waals surface area contributed by atoms with Crippen LogP contribution in [0.2, 0.25) is 0 Å². The van der Waals surface area contributed by atoms with E-state index in [0.29, 0.717) is 18.8 Å². The Morgan fingerprint density at radius 3 is 2.96 bits per heavy atom. The minimum atomic E-state index is -0.141. The summed E-state index contributed by atoms with van der Waals surface area (Å²) >= 11 is 0. The van der Waals surface area contributed by atoms with E-state index in [1.165, 1.54) is 0 Å². The summed E-state index contributed by atoms with van der Waals surface area (Å²) < 4.78 is 7.47. The Bertz CT molecular complexity index is 652. The van der Waals surface area contributed by atoms with Gasteiger partial charge in [0, 0.05) is 44.8 Å². The largest absolute Gasteiger partial charge is 0.376 e. The second-order valence-corrected chi connectivity index (χ2v) is 5.89. The summed E-state index contributed by atoms with van der Waals surface area (Å²) in [6.07, 6.45) is 9.13. The number of rotatable bonds is 6. The summed E-state index contributed by atoms with van der Waals surface area (Å²) in [5.41, 5.74) is 1.75. The van der Waals surface area contributed by atoms with Crippen molar-refractivity contribution in [2.24, 2.45) is 0 Å². The molecule has 0 radical (unpaired) electrons. The van der Waals surface area contributed by atoms with Crippen LogP contribution in [-0.2, 0) is 17.8 Å². The standard InChI is InChI=1S/C17H23N5O2/c1-2-22-12-15(10-19-22)20-17(23)21(13-16-4-3-9-24-16)11-14-5-7-18-8-6-14/h5-8,10,12,16H,2-4,9,11,13H2,1H3,(H,20,23)/t16-/m0/s1. The molecule has 0 unspecified atom stereocenters. The highest BCUT2D eigenvalue weighted by Crippen LogP contribution is 2.16. The molecule has 128 valence electrons. The smallest absolute Gasteiger partial charge is 0.322 e. The summed E-state index contributed by atoms with van der Waals surface area (Å²) in [6.45, 7) is 4.66.